The van der Waals surface area contributed by atoms with Gasteiger partial charge in [0.1, 0.15) is 12.4 Å². The van der Waals surface area contributed by atoms with E-state index in [1.165, 1.54) is 12.1 Å². The molecule has 0 heterocycles. The lowest BCUT2D eigenvalue weighted by atomic mass is 10.1. The summed E-state index contributed by atoms with van der Waals surface area (Å²) in [5.41, 5.74) is 2.26. The van der Waals surface area contributed by atoms with E-state index in [0.29, 0.717) is 22.9 Å². The zero-order valence-electron chi connectivity index (χ0n) is 17.6. The van der Waals surface area contributed by atoms with Gasteiger partial charge in [0.15, 0.2) is 0 Å². The zero-order valence-corrected chi connectivity index (χ0v) is 19.2. The number of anilines is 1. The Labute approximate surface area is 198 Å². The van der Waals surface area contributed by atoms with E-state index >= 15 is 0 Å². The molecular weight excluding hydrogens is 462 g/mol. The number of hydrogen-bond acceptors (Lipinski definition) is 5. The second kappa shape index (κ2) is 11.5. The monoisotopic (exact) mass is 483 g/mol. The second-order valence-electron chi connectivity index (χ2n) is 7.08. The first-order valence-electron chi connectivity index (χ1n) is 10.1. The molecule has 0 unspecified atom stereocenters. The van der Waals surface area contributed by atoms with Gasteiger partial charge in [0.05, 0.1) is 17.4 Å². The number of sulfonamides is 1. The summed E-state index contributed by atoms with van der Waals surface area (Å²) in [5.74, 6) is 0.311. The van der Waals surface area contributed by atoms with Gasteiger partial charge < -0.3 is 10.1 Å². The smallest absolute Gasteiger partial charge is 0.240 e. The highest BCUT2D eigenvalue weighted by atomic mass is 35.5. The molecule has 0 radical (unpaired) electrons. The number of nitrogens with one attached hydrogen (secondary N) is 2. The van der Waals surface area contributed by atoms with Gasteiger partial charge in [0.25, 0.3) is 0 Å². The first-order chi connectivity index (χ1) is 15.9. The molecule has 0 aliphatic carbocycles. The minimum Gasteiger partial charge on any atom is -0.489 e. The van der Waals surface area contributed by atoms with E-state index < -0.39 is 10.0 Å². The Kier molecular flexibility index (Phi) is 8.44. The first-order valence-corrected chi connectivity index (χ1v) is 12.0. The topological polar surface area (TPSA) is 108 Å². The molecule has 0 spiro atoms. The number of para-hydroxylation sites is 1. The molecule has 0 fully saturated rings. The molecule has 33 heavy (non-hydrogen) atoms. The number of benzene rings is 3. The van der Waals surface area contributed by atoms with Crippen molar-refractivity contribution in [3.05, 3.63) is 88.9 Å². The number of carbonyl (C=O) groups excluding carboxylic acids is 1. The highest BCUT2D eigenvalue weighted by Gasteiger charge is 2.15. The average Bonchev–Trinajstić information content (AvgIpc) is 2.79. The lowest BCUT2D eigenvalue weighted by Crippen LogP contribution is -2.28. The van der Waals surface area contributed by atoms with Crippen LogP contribution in [0, 0.1) is 11.3 Å². The van der Waals surface area contributed by atoms with Gasteiger partial charge in [0, 0.05) is 29.2 Å². The van der Waals surface area contributed by atoms with Crippen molar-refractivity contribution in [2.75, 3.05) is 11.9 Å². The number of nitrogens with zero attached hydrogens (tertiary/aromatic N) is 1. The molecule has 9 heteroatoms. The third-order valence-corrected chi connectivity index (χ3v) is 6.34. The fourth-order valence-corrected chi connectivity index (χ4v) is 4.29. The summed E-state index contributed by atoms with van der Waals surface area (Å²) in [5, 5.41) is 11.9. The van der Waals surface area contributed by atoms with Gasteiger partial charge >= 0.3 is 0 Å². The van der Waals surface area contributed by atoms with Crippen LogP contribution < -0.4 is 14.8 Å². The normalized spacial score (nSPS) is 10.9. The number of carbonyl (C=O) groups is 1. The second-order valence-corrected chi connectivity index (χ2v) is 9.28. The summed E-state index contributed by atoms with van der Waals surface area (Å²) in [7, 11) is -3.76. The van der Waals surface area contributed by atoms with Crippen LogP contribution in [0.5, 0.6) is 5.75 Å². The summed E-state index contributed by atoms with van der Waals surface area (Å²) in [6.45, 7) is 0.170. The molecule has 0 aliphatic rings. The van der Waals surface area contributed by atoms with Gasteiger partial charge in [-0.05, 0) is 42.0 Å². The number of nitriles is 1. The van der Waals surface area contributed by atoms with Crippen molar-refractivity contribution in [2.45, 2.75) is 24.3 Å². The number of rotatable bonds is 10. The fourth-order valence-electron chi connectivity index (χ4n) is 2.95. The molecule has 3 aromatic rings. The van der Waals surface area contributed by atoms with E-state index in [9.17, 15) is 13.2 Å². The summed E-state index contributed by atoms with van der Waals surface area (Å²) in [6, 6.07) is 22.5. The fraction of sp³-hybridized carbons (Fsp3) is 0.167. The molecule has 3 rings (SSSR count). The van der Waals surface area contributed by atoms with Crippen molar-refractivity contribution in [1.82, 2.24) is 4.72 Å². The van der Waals surface area contributed by atoms with Gasteiger partial charge in [-0.3, -0.25) is 4.79 Å². The quantitative estimate of drug-likeness (QED) is 0.447. The van der Waals surface area contributed by atoms with Crippen LogP contribution in [0.15, 0.2) is 77.7 Å². The average molecular weight is 484 g/mol. The standard InChI is InChI=1S/C24H22ClN3O4S/c25-20-5-3-6-22(16-20)33(30,31)27-15-13-24(29)28-23-7-2-1-4-19(23)17-32-21-10-8-18(9-11-21)12-14-26/h1-11,16,27H,12-13,15,17H2,(H,28,29). The third kappa shape index (κ3) is 7.32. The van der Waals surface area contributed by atoms with Crippen molar-refractivity contribution in [3.8, 4) is 11.8 Å². The summed E-state index contributed by atoms with van der Waals surface area (Å²) in [6.07, 6.45) is 0.291. The van der Waals surface area contributed by atoms with Crippen LogP contribution in [0.25, 0.3) is 0 Å². The third-order valence-electron chi connectivity index (χ3n) is 4.64. The van der Waals surface area contributed by atoms with E-state index in [1.807, 2.05) is 24.3 Å². The molecule has 0 aromatic heterocycles. The molecule has 0 saturated carbocycles. The lowest BCUT2D eigenvalue weighted by Gasteiger charge is -2.13. The molecule has 170 valence electrons. The van der Waals surface area contributed by atoms with Gasteiger partial charge in [0.2, 0.25) is 15.9 Å². The SMILES string of the molecule is N#CCc1ccc(OCc2ccccc2NC(=O)CCNS(=O)(=O)c2cccc(Cl)c2)cc1. The number of halogens is 1. The van der Waals surface area contributed by atoms with Crippen molar-refractivity contribution in [2.24, 2.45) is 0 Å². The van der Waals surface area contributed by atoms with E-state index in [-0.39, 0.29) is 30.4 Å². The molecule has 0 saturated heterocycles. The maximum atomic E-state index is 12.4. The van der Waals surface area contributed by atoms with Crippen LogP contribution >= 0.6 is 11.6 Å². The maximum absolute atomic E-state index is 12.4. The number of ether oxygens (including phenoxy) is 1. The predicted molar refractivity (Wildman–Crippen MR) is 126 cm³/mol. The van der Waals surface area contributed by atoms with Crippen LogP contribution in [-0.4, -0.2) is 20.9 Å². The van der Waals surface area contributed by atoms with Gasteiger partial charge in [-0.1, -0.05) is 48.0 Å². The van der Waals surface area contributed by atoms with E-state index in [1.54, 1.807) is 36.4 Å². The van der Waals surface area contributed by atoms with Gasteiger partial charge in [-0.2, -0.15) is 5.26 Å². The van der Waals surface area contributed by atoms with Gasteiger partial charge in [-0.15, -0.1) is 0 Å². The van der Waals surface area contributed by atoms with Crippen molar-refractivity contribution in [3.63, 3.8) is 0 Å². The van der Waals surface area contributed by atoms with Crippen LogP contribution in [0.1, 0.15) is 17.5 Å². The molecule has 2 N–H and O–H groups in total. The Balaban J connectivity index is 1.53. The van der Waals surface area contributed by atoms with Gasteiger partial charge in [-0.25, -0.2) is 13.1 Å². The summed E-state index contributed by atoms with van der Waals surface area (Å²) in [4.78, 5) is 12.4. The molecule has 3 aromatic carbocycles. The molecular formula is C24H22ClN3O4S. The molecule has 0 atom stereocenters. The number of hydrogen-bond donors (Lipinski definition) is 2. The van der Waals surface area contributed by atoms with Crippen LogP contribution in [0.3, 0.4) is 0 Å². The first kappa shape index (κ1) is 24.3. The minimum atomic E-state index is -3.76. The minimum absolute atomic E-state index is 0.0403. The highest BCUT2D eigenvalue weighted by Crippen LogP contribution is 2.20. The van der Waals surface area contributed by atoms with Crippen molar-refractivity contribution >= 4 is 33.2 Å². The summed E-state index contributed by atoms with van der Waals surface area (Å²) < 4.78 is 32.8. The Morgan fingerprint density at radius 2 is 1.79 bits per heavy atom. The highest BCUT2D eigenvalue weighted by molar-refractivity contribution is 7.89. The van der Waals surface area contributed by atoms with Crippen molar-refractivity contribution in [1.29, 1.82) is 5.26 Å². The van der Waals surface area contributed by atoms with E-state index in [2.05, 4.69) is 16.1 Å². The molecule has 0 bridgehead atoms. The Bertz CT molecular complexity index is 1260. The Hall–Kier alpha value is -3.38. The van der Waals surface area contributed by atoms with Crippen LogP contribution in [0.4, 0.5) is 5.69 Å². The lowest BCUT2D eigenvalue weighted by molar-refractivity contribution is -0.116. The maximum Gasteiger partial charge on any atom is 0.240 e. The zero-order chi connectivity index (χ0) is 23.7. The molecule has 0 aliphatic heterocycles. The van der Waals surface area contributed by atoms with Crippen LogP contribution in [0.2, 0.25) is 5.02 Å². The molecule has 7 nitrogen and oxygen atoms in total. The summed E-state index contributed by atoms with van der Waals surface area (Å²) >= 11 is 5.85. The molecule has 1 amide bonds. The van der Waals surface area contributed by atoms with Crippen molar-refractivity contribution < 1.29 is 17.9 Å². The predicted octanol–water partition coefficient (Wildman–Crippen LogP) is 4.29. The Morgan fingerprint density at radius 1 is 1.03 bits per heavy atom. The number of amides is 1. The largest absolute Gasteiger partial charge is 0.489 e. The van der Waals surface area contributed by atoms with E-state index in [4.69, 9.17) is 21.6 Å². The van der Waals surface area contributed by atoms with E-state index in [0.717, 1.165) is 11.1 Å². The van der Waals surface area contributed by atoms with Crippen LogP contribution in [-0.2, 0) is 27.8 Å². The Morgan fingerprint density at radius 3 is 2.52 bits per heavy atom.